The van der Waals surface area contributed by atoms with Gasteiger partial charge < -0.3 is 19.3 Å². The molecular formula is C47H66O6. The van der Waals surface area contributed by atoms with Crippen molar-refractivity contribution in [3.05, 3.63) is 93.5 Å². The summed E-state index contributed by atoms with van der Waals surface area (Å²) in [6.45, 7) is 18.9. The first-order chi connectivity index (χ1) is 25.2. The van der Waals surface area contributed by atoms with Crippen LogP contribution in [0, 0.1) is 38.5 Å². The number of ether oxygens (including phenoxy) is 3. The minimum atomic E-state index is -0.813. The molecule has 3 aromatic rings. The third kappa shape index (κ3) is 11.9. The Balaban J connectivity index is 1.27. The van der Waals surface area contributed by atoms with Gasteiger partial charge in [0, 0.05) is 5.56 Å². The highest BCUT2D eigenvalue weighted by atomic mass is 16.6. The SMILES string of the molecule is Cc1c(C)c2c(c(C)c1OC(=O)COC(=O)C(C)c1cccc(C(O)c3ccccc3)c1)CC[C@@](C)(CCC[C@H](C)CCC[C@H](C)CCCC(C)C)O2. The molecule has 1 aliphatic rings. The second kappa shape index (κ2) is 19.6. The molecule has 3 aromatic carbocycles. The van der Waals surface area contributed by atoms with Crippen molar-refractivity contribution in [2.24, 2.45) is 17.8 Å². The lowest BCUT2D eigenvalue weighted by molar-refractivity contribution is -0.154. The molecule has 53 heavy (non-hydrogen) atoms. The summed E-state index contributed by atoms with van der Waals surface area (Å²) < 4.78 is 18.1. The van der Waals surface area contributed by atoms with E-state index in [1.807, 2.05) is 69.3 Å². The number of carbonyl (C=O) groups is 2. The van der Waals surface area contributed by atoms with Gasteiger partial charge in [-0.1, -0.05) is 127 Å². The fraction of sp³-hybridized carbons (Fsp3) is 0.574. The second-order valence-electron chi connectivity index (χ2n) is 16.7. The van der Waals surface area contributed by atoms with Gasteiger partial charge in [-0.3, -0.25) is 4.79 Å². The number of hydrogen-bond donors (Lipinski definition) is 1. The van der Waals surface area contributed by atoms with E-state index in [1.165, 1.54) is 44.9 Å². The lowest BCUT2D eigenvalue weighted by atomic mass is 9.83. The molecule has 290 valence electrons. The summed E-state index contributed by atoms with van der Waals surface area (Å²) in [7, 11) is 0. The predicted octanol–water partition coefficient (Wildman–Crippen LogP) is 11.5. The van der Waals surface area contributed by atoms with Crippen molar-refractivity contribution in [3.8, 4) is 11.5 Å². The van der Waals surface area contributed by atoms with E-state index in [0.717, 1.165) is 77.0 Å². The van der Waals surface area contributed by atoms with Crippen LogP contribution in [0.5, 0.6) is 11.5 Å². The van der Waals surface area contributed by atoms with Gasteiger partial charge in [0.15, 0.2) is 6.61 Å². The smallest absolute Gasteiger partial charge is 0.349 e. The third-order valence-electron chi connectivity index (χ3n) is 11.6. The molecule has 0 spiro atoms. The van der Waals surface area contributed by atoms with Gasteiger partial charge in [0.2, 0.25) is 0 Å². The number of hydrogen-bond acceptors (Lipinski definition) is 6. The van der Waals surface area contributed by atoms with Gasteiger partial charge in [0.05, 0.1) is 5.92 Å². The number of rotatable bonds is 19. The predicted molar refractivity (Wildman–Crippen MR) is 215 cm³/mol. The minimum absolute atomic E-state index is 0.219. The molecule has 0 radical (unpaired) electrons. The first kappa shape index (κ1) is 42.1. The molecule has 0 fully saturated rings. The number of aliphatic hydroxyl groups excluding tert-OH is 1. The molecule has 1 aliphatic heterocycles. The van der Waals surface area contributed by atoms with Crippen LogP contribution in [0.2, 0.25) is 0 Å². The van der Waals surface area contributed by atoms with Crippen LogP contribution in [0.4, 0.5) is 0 Å². The van der Waals surface area contributed by atoms with Crippen LogP contribution in [0.1, 0.15) is 157 Å². The van der Waals surface area contributed by atoms with E-state index in [0.29, 0.717) is 16.9 Å². The van der Waals surface area contributed by atoms with E-state index in [2.05, 4.69) is 34.6 Å². The van der Waals surface area contributed by atoms with Crippen LogP contribution in [0.3, 0.4) is 0 Å². The van der Waals surface area contributed by atoms with Gasteiger partial charge in [-0.25, -0.2) is 4.79 Å². The first-order valence-electron chi connectivity index (χ1n) is 20.2. The van der Waals surface area contributed by atoms with Gasteiger partial charge in [-0.05, 0) is 111 Å². The average molecular weight is 727 g/mol. The van der Waals surface area contributed by atoms with Crippen molar-refractivity contribution in [2.75, 3.05) is 6.61 Å². The highest BCUT2D eigenvalue weighted by Crippen LogP contribution is 2.45. The Kier molecular flexibility index (Phi) is 15.6. The standard InChI is InChI=1S/C47H66O6/c1-31(2)17-13-18-32(3)19-14-20-33(4)21-16-27-47(9)28-26-41-37(8)44(34(5)35(6)45(41)53-47)52-42(48)30-51-46(50)36(7)39-24-15-25-40(29-39)43(49)38-22-11-10-12-23-38/h10-12,15,22-25,29,31-33,36,43,49H,13-14,16-21,26-28,30H2,1-9H3/t32-,33-,36?,43?,47-/m1/s1. The lowest BCUT2D eigenvalue weighted by Crippen LogP contribution is -2.37. The zero-order valence-corrected chi connectivity index (χ0v) is 34.1. The topological polar surface area (TPSA) is 82.1 Å². The van der Waals surface area contributed by atoms with Gasteiger partial charge in [0.1, 0.15) is 23.2 Å². The summed E-state index contributed by atoms with van der Waals surface area (Å²) in [5.41, 5.74) is 5.76. The average Bonchev–Trinajstić information content (AvgIpc) is 3.14. The summed E-state index contributed by atoms with van der Waals surface area (Å²) in [6.07, 6.45) is 12.4. The fourth-order valence-electron chi connectivity index (χ4n) is 7.77. The quantitative estimate of drug-likeness (QED) is 0.0978. The van der Waals surface area contributed by atoms with Crippen molar-refractivity contribution < 1.29 is 28.9 Å². The van der Waals surface area contributed by atoms with Crippen LogP contribution in [0.25, 0.3) is 0 Å². The van der Waals surface area contributed by atoms with Crippen molar-refractivity contribution in [3.63, 3.8) is 0 Å². The lowest BCUT2D eigenvalue weighted by Gasteiger charge is -2.38. The van der Waals surface area contributed by atoms with E-state index in [-0.39, 0.29) is 5.60 Å². The number of esters is 2. The number of fused-ring (bicyclic) bond motifs is 1. The molecule has 0 aliphatic carbocycles. The fourth-order valence-corrected chi connectivity index (χ4v) is 7.77. The minimum Gasteiger partial charge on any atom is -0.487 e. The second-order valence-corrected chi connectivity index (χ2v) is 16.7. The Morgan fingerprint density at radius 1 is 0.774 bits per heavy atom. The van der Waals surface area contributed by atoms with E-state index < -0.39 is 30.6 Å². The Hall–Kier alpha value is -3.64. The highest BCUT2D eigenvalue weighted by Gasteiger charge is 2.35. The van der Waals surface area contributed by atoms with E-state index in [4.69, 9.17) is 14.2 Å². The molecular weight excluding hydrogens is 661 g/mol. The summed E-state index contributed by atoms with van der Waals surface area (Å²) in [4.78, 5) is 26.1. The normalized spacial score (nSPS) is 17.7. The van der Waals surface area contributed by atoms with Crippen LogP contribution in [-0.2, 0) is 20.7 Å². The van der Waals surface area contributed by atoms with Crippen LogP contribution >= 0.6 is 0 Å². The molecule has 4 rings (SSSR count). The van der Waals surface area contributed by atoms with Gasteiger partial charge in [0.25, 0.3) is 0 Å². The Morgan fingerprint density at radius 2 is 1.38 bits per heavy atom. The van der Waals surface area contributed by atoms with Crippen molar-refractivity contribution in [1.82, 2.24) is 0 Å². The molecule has 2 unspecified atom stereocenters. The van der Waals surface area contributed by atoms with Crippen LogP contribution < -0.4 is 9.47 Å². The maximum absolute atomic E-state index is 13.0. The molecule has 1 heterocycles. The zero-order valence-electron chi connectivity index (χ0n) is 34.1. The molecule has 0 bridgehead atoms. The molecule has 1 N–H and O–H groups in total. The molecule has 0 amide bonds. The monoisotopic (exact) mass is 726 g/mol. The number of benzene rings is 3. The van der Waals surface area contributed by atoms with Crippen molar-refractivity contribution >= 4 is 11.9 Å². The van der Waals surface area contributed by atoms with Gasteiger partial charge in [-0.2, -0.15) is 0 Å². The third-order valence-corrected chi connectivity index (χ3v) is 11.6. The summed E-state index contributed by atoms with van der Waals surface area (Å²) in [6, 6.07) is 16.6. The summed E-state index contributed by atoms with van der Waals surface area (Å²) >= 11 is 0. The molecule has 6 heteroatoms. The van der Waals surface area contributed by atoms with Gasteiger partial charge >= 0.3 is 11.9 Å². The van der Waals surface area contributed by atoms with Crippen molar-refractivity contribution in [1.29, 1.82) is 0 Å². The Morgan fingerprint density at radius 3 is 2.04 bits per heavy atom. The molecule has 5 atom stereocenters. The van der Waals surface area contributed by atoms with Crippen molar-refractivity contribution in [2.45, 2.75) is 151 Å². The van der Waals surface area contributed by atoms with E-state index in [1.54, 1.807) is 13.0 Å². The highest BCUT2D eigenvalue weighted by molar-refractivity contribution is 5.82. The number of carbonyl (C=O) groups excluding carboxylic acids is 2. The maximum Gasteiger partial charge on any atom is 0.349 e. The molecule has 0 aromatic heterocycles. The van der Waals surface area contributed by atoms with Crippen LogP contribution in [-0.4, -0.2) is 29.3 Å². The molecule has 0 saturated heterocycles. The van der Waals surface area contributed by atoms with Gasteiger partial charge in [-0.15, -0.1) is 0 Å². The molecule has 0 saturated carbocycles. The summed E-state index contributed by atoms with van der Waals surface area (Å²) in [5, 5.41) is 10.8. The van der Waals surface area contributed by atoms with E-state index >= 15 is 0 Å². The molecule has 6 nitrogen and oxygen atoms in total. The Bertz CT molecular complexity index is 1640. The maximum atomic E-state index is 13.0. The Labute approximate surface area is 320 Å². The number of aliphatic hydroxyl groups is 1. The first-order valence-corrected chi connectivity index (χ1v) is 20.2. The largest absolute Gasteiger partial charge is 0.487 e. The van der Waals surface area contributed by atoms with Crippen LogP contribution in [0.15, 0.2) is 54.6 Å². The summed E-state index contributed by atoms with van der Waals surface area (Å²) in [5.74, 6) is 2.03. The van der Waals surface area contributed by atoms with E-state index in [9.17, 15) is 14.7 Å². The zero-order chi connectivity index (χ0) is 38.7.